The molecule has 4 atom stereocenters. The Kier molecular flexibility index (Phi) is 6.44. The third-order valence-corrected chi connectivity index (χ3v) is 7.10. The number of piperidine rings is 1. The van der Waals surface area contributed by atoms with Crippen LogP contribution in [-0.4, -0.2) is 54.8 Å². The van der Waals surface area contributed by atoms with Crippen molar-refractivity contribution in [2.24, 2.45) is 5.92 Å². The minimum Gasteiger partial charge on any atom is -0.508 e. The molecule has 1 saturated carbocycles. The van der Waals surface area contributed by atoms with Crippen molar-refractivity contribution in [1.82, 2.24) is 10.2 Å². The molecule has 1 amide bonds. The summed E-state index contributed by atoms with van der Waals surface area (Å²) in [7, 11) is 1.77. The van der Waals surface area contributed by atoms with Gasteiger partial charge in [0.2, 0.25) is 0 Å². The minimum atomic E-state index is -0.163. The summed E-state index contributed by atoms with van der Waals surface area (Å²) in [6.07, 6.45) is 4.54. The number of benzene rings is 2. The lowest BCUT2D eigenvalue weighted by atomic mass is 9.57. The Hall–Kier alpha value is -2.63. The number of hydrogen-bond acceptors (Lipinski definition) is 4. The van der Waals surface area contributed by atoms with Gasteiger partial charge < -0.3 is 15.2 Å². The number of ether oxygens (including phenoxy) is 1. The summed E-state index contributed by atoms with van der Waals surface area (Å²) in [6.45, 7) is 6.63. The fourth-order valence-electron chi connectivity index (χ4n) is 5.65. The summed E-state index contributed by atoms with van der Waals surface area (Å²) < 4.78 is 6.02. The van der Waals surface area contributed by atoms with Gasteiger partial charge in [-0.15, -0.1) is 6.58 Å². The van der Waals surface area contributed by atoms with E-state index in [0.717, 1.165) is 44.5 Å². The van der Waals surface area contributed by atoms with Crippen molar-refractivity contribution in [3.05, 3.63) is 78.4 Å². The number of nitrogens with zero attached hydrogens (tertiary/aromatic N) is 1. The summed E-state index contributed by atoms with van der Waals surface area (Å²) in [5.41, 5.74) is 1.64. The van der Waals surface area contributed by atoms with E-state index in [2.05, 4.69) is 22.9 Å². The number of phenols is 1. The van der Waals surface area contributed by atoms with Crippen LogP contribution in [-0.2, 0) is 10.2 Å². The van der Waals surface area contributed by atoms with Crippen LogP contribution >= 0.6 is 0 Å². The van der Waals surface area contributed by atoms with Crippen molar-refractivity contribution in [1.29, 1.82) is 0 Å². The zero-order valence-electron chi connectivity index (χ0n) is 18.2. The molecule has 2 fully saturated rings. The van der Waals surface area contributed by atoms with Crippen LogP contribution in [0, 0.1) is 5.92 Å². The zero-order valence-corrected chi connectivity index (χ0v) is 18.2. The molecule has 0 aromatic heterocycles. The Morgan fingerprint density at radius 3 is 2.81 bits per heavy atom. The first kappa shape index (κ1) is 21.6. The average molecular weight is 421 g/mol. The van der Waals surface area contributed by atoms with Gasteiger partial charge >= 0.3 is 0 Å². The molecule has 5 nitrogen and oxygen atoms in total. The lowest BCUT2D eigenvalue weighted by Gasteiger charge is -2.55. The highest BCUT2D eigenvalue weighted by Crippen LogP contribution is 2.50. The molecular weight excluding hydrogens is 388 g/mol. The predicted octanol–water partition coefficient (Wildman–Crippen LogP) is 3.75. The number of hydrogen-bond donors (Lipinski definition) is 2. The second-order valence-corrected chi connectivity index (χ2v) is 8.86. The second-order valence-electron chi connectivity index (χ2n) is 8.86. The Bertz CT molecular complexity index is 916. The number of rotatable bonds is 6. The number of aromatic hydroxyl groups is 1. The first-order valence-corrected chi connectivity index (χ1v) is 11.1. The molecule has 1 heterocycles. The third-order valence-electron chi connectivity index (χ3n) is 7.10. The summed E-state index contributed by atoms with van der Waals surface area (Å²) in [5.74, 6) is 0.510. The van der Waals surface area contributed by atoms with Crippen LogP contribution < -0.4 is 5.32 Å². The molecule has 1 saturated heterocycles. The van der Waals surface area contributed by atoms with Crippen LogP contribution in [0.4, 0.5) is 0 Å². The van der Waals surface area contributed by atoms with E-state index in [4.69, 9.17) is 4.74 Å². The molecule has 0 radical (unpaired) electrons. The Morgan fingerprint density at radius 2 is 2.10 bits per heavy atom. The number of fused-ring (bicyclic) bond motifs is 1. The van der Waals surface area contributed by atoms with Crippen LogP contribution in [0.1, 0.15) is 35.2 Å². The van der Waals surface area contributed by atoms with Gasteiger partial charge in [0, 0.05) is 43.1 Å². The number of phenolic OH excluding ortho intramolecular Hbond substituents is 1. The Morgan fingerprint density at radius 1 is 1.29 bits per heavy atom. The zero-order chi connectivity index (χ0) is 21.8. The van der Waals surface area contributed by atoms with E-state index in [1.165, 1.54) is 0 Å². The van der Waals surface area contributed by atoms with Gasteiger partial charge in [-0.25, -0.2) is 0 Å². The van der Waals surface area contributed by atoms with Crippen LogP contribution in [0.15, 0.2) is 67.3 Å². The Labute approximate surface area is 184 Å². The Balaban J connectivity index is 1.66. The normalized spacial score (nSPS) is 28.5. The molecule has 2 N–H and O–H groups in total. The van der Waals surface area contributed by atoms with Crippen molar-refractivity contribution < 1.29 is 14.6 Å². The van der Waals surface area contributed by atoms with Crippen molar-refractivity contribution in [2.75, 3.05) is 26.7 Å². The molecule has 5 heteroatoms. The highest BCUT2D eigenvalue weighted by atomic mass is 16.5. The molecule has 3 unspecified atom stereocenters. The molecule has 2 aromatic rings. The van der Waals surface area contributed by atoms with Gasteiger partial charge in [0.15, 0.2) is 0 Å². The molecule has 1 aliphatic heterocycles. The van der Waals surface area contributed by atoms with Gasteiger partial charge in [0.25, 0.3) is 5.91 Å². The molecule has 0 bridgehead atoms. The maximum absolute atomic E-state index is 12.9. The standard InChI is InChI=1S/C26H32N2O3/c1-3-13-28-14-12-26(20-10-7-11-22(29)15-20)17-21(16-24(31-2)23(26)18-28)27-25(30)19-8-5-4-6-9-19/h3-11,15,21,23-24,29H,1,12-14,16-18H2,2H3,(H,27,30)/t21-,23?,24?,26?/m1/s1. The van der Waals surface area contributed by atoms with Crippen molar-refractivity contribution in [3.8, 4) is 5.75 Å². The van der Waals surface area contributed by atoms with Crippen LogP contribution in [0.3, 0.4) is 0 Å². The highest BCUT2D eigenvalue weighted by Gasteiger charge is 2.52. The van der Waals surface area contributed by atoms with Gasteiger partial charge in [-0.05, 0) is 55.6 Å². The highest BCUT2D eigenvalue weighted by molar-refractivity contribution is 5.94. The molecule has 1 aliphatic carbocycles. The monoisotopic (exact) mass is 420 g/mol. The first-order chi connectivity index (χ1) is 15.1. The van der Waals surface area contributed by atoms with Gasteiger partial charge in [-0.1, -0.05) is 36.4 Å². The lowest BCUT2D eigenvalue weighted by Crippen LogP contribution is -2.61. The van der Waals surface area contributed by atoms with Gasteiger partial charge in [-0.2, -0.15) is 0 Å². The number of methoxy groups -OCH3 is 1. The van der Waals surface area contributed by atoms with E-state index >= 15 is 0 Å². The molecule has 2 aliphatic rings. The quantitative estimate of drug-likeness (QED) is 0.699. The fourth-order valence-corrected chi connectivity index (χ4v) is 5.65. The number of amides is 1. The third kappa shape index (κ3) is 4.39. The van der Waals surface area contributed by atoms with E-state index in [-0.39, 0.29) is 35.1 Å². The number of likely N-dealkylation sites (tertiary alicyclic amines) is 1. The fraction of sp³-hybridized carbons (Fsp3) is 0.423. The van der Waals surface area contributed by atoms with E-state index in [9.17, 15) is 9.90 Å². The molecule has 2 aromatic carbocycles. The molecule has 31 heavy (non-hydrogen) atoms. The topological polar surface area (TPSA) is 61.8 Å². The van der Waals surface area contributed by atoms with E-state index in [1.54, 1.807) is 13.2 Å². The largest absolute Gasteiger partial charge is 0.508 e. The van der Waals surface area contributed by atoms with E-state index in [0.29, 0.717) is 5.56 Å². The van der Waals surface area contributed by atoms with Crippen molar-refractivity contribution >= 4 is 5.91 Å². The smallest absolute Gasteiger partial charge is 0.251 e. The second kappa shape index (κ2) is 9.25. The van der Waals surface area contributed by atoms with Gasteiger partial charge in [-0.3, -0.25) is 9.69 Å². The number of carbonyl (C=O) groups is 1. The van der Waals surface area contributed by atoms with Crippen LogP contribution in [0.5, 0.6) is 5.75 Å². The van der Waals surface area contributed by atoms with Crippen LogP contribution in [0.2, 0.25) is 0 Å². The minimum absolute atomic E-state index is 0.00205. The summed E-state index contributed by atoms with van der Waals surface area (Å²) in [5, 5.41) is 13.5. The SMILES string of the molecule is C=CCN1CCC2(c3cccc(O)c3)C[C@H](NC(=O)c3ccccc3)CC(OC)C2C1. The van der Waals surface area contributed by atoms with E-state index in [1.807, 2.05) is 48.5 Å². The maximum Gasteiger partial charge on any atom is 0.251 e. The molecular formula is C26H32N2O3. The molecule has 0 spiro atoms. The van der Waals surface area contributed by atoms with E-state index < -0.39 is 0 Å². The summed E-state index contributed by atoms with van der Waals surface area (Å²) in [6, 6.07) is 17.0. The van der Waals surface area contributed by atoms with Crippen molar-refractivity contribution in [2.45, 2.75) is 36.8 Å². The van der Waals surface area contributed by atoms with Gasteiger partial charge in [0.05, 0.1) is 6.10 Å². The summed E-state index contributed by atoms with van der Waals surface area (Å²) >= 11 is 0. The number of nitrogens with one attached hydrogen (secondary N) is 1. The number of carbonyl (C=O) groups excluding carboxylic acids is 1. The first-order valence-electron chi connectivity index (χ1n) is 11.1. The van der Waals surface area contributed by atoms with Gasteiger partial charge in [0.1, 0.15) is 5.75 Å². The molecule has 4 rings (SSSR count). The lowest BCUT2D eigenvalue weighted by molar-refractivity contribution is -0.0653. The average Bonchev–Trinajstić information content (AvgIpc) is 2.79. The van der Waals surface area contributed by atoms with Crippen molar-refractivity contribution in [3.63, 3.8) is 0 Å². The van der Waals surface area contributed by atoms with Crippen LogP contribution in [0.25, 0.3) is 0 Å². The maximum atomic E-state index is 12.9. The summed E-state index contributed by atoms with van der Waals surface area (Å²) in [4.78, 5) is 15.3. The predicted molar refractivity (Wildman–Crippen MR) is 122 cm³/mol. The molecule has 164 valence electrons.